The Bertz CT molecular complexity index is 250. The van der Waals surface area contributed by atoms with Crippen LogP contribution in [0.5, 0.6) is 0 Å². The Morgan fingerprint density at radius 2 is 1.88 bits per heavy atom. The molecule has 1 saturated heterocycles. The number of nitrogens with one attached hydrogen (secondary N) is 1. The van der Waals surface area contributed by atoms with Crippen LogP contribution >= 0.6 is 0 Å². The summed E-state index contributed by atoms with van der Waals surface area (Å²) in [4.78, 5) is 13.7. The first-order valence-corrected chi connectivity index (χ1v) is 6.36. The second kappa shape index (κ2) is 6.33. The SMILES string of the molecule is CCCC(C)NC(=O)C(C)N1CC(O)C(O)C1. The Kier molecular flexibility index (Phi) is 5.36. The molecule has 1 aliphatic heterocycles. The summed E-state index contributed by atoms with van der Waals surface area (Å²) in [5.41, 5.74) is 0. The Hall–Kier alpha value is -0.650. The highest BCUT2D eigenvalue weighted by Gasteiger charge is 2.34. The van der Waals surface area contributed by atoms with Crippen molar-refractivity contribution < 1.29 is 15.0 Å². The van der Waals surface area contributed by atoms with Gasteiger partial charge in [0.2, 0.25) is 5.91 Å². The van der Waals surface area contributed by atoms with Gasteiger partial charge in [-0.15, -0.1) is 0 Å². The standard InChI is InChI=1S/C12H24N2O3/c1-4-5-8(2)13-12(17)9(3)14-6-10(15)11(16)7-14/h8-11,15-16H,4-7H2,1-3H3,(H,13,17). The van der Waals surface area contributed by atoms with Crippen LogP contribution in [0.3, 0.4) is 0 Å². The first-order chi connectivity index (χ1) is 7.95. The number of carbonyl (C=O) groups is 1. The van der Waals surface area contributed by atoms with Crippen molar-refractivity contribution in [3.63, 3.8) is 0 Å². The fourth-order valence-corrected chi connectivity index (χ4v) is 2.15. The topological polar surface area (TPSA) is 72.8 Å². The quantitative estimate of drug-likeness (QED) is 0.622. The molecule has 0 spiro atoms. The largest absolute Gasteiger partial charge is 0.389 e. The summed E-state index contributed by atoms with van der Waals surface area (Å²) < 4.78 is 0. The lowest BCUT2D eigenvalue weighted by Gasteiger charge is -2.24. The summed E-state index contributed by atoms with van der Waals surface area (Å²) in [5.74, 6) is -0.0350. The minimum absolute atomic E-state index is 0.0350. The number of hydrogen-bond acceptors (Lipinski definition) is 4. The van der Waals surface area contributed by atoms with Gasteiger partial charge in [0, 0.05) is 19.1 Å². The lowest BCUT2D eigenvalue weighted by molar-refractivity contribution is -0.126. The van der Waals surface area contributed by atoms with Crippen molar-refractivity contribution in [3.8, 4) is 0 Å². The number of carbonyl (C=O) groups excluding carboxylic acids is 1. The second-order valence-corrected chi connectivity index (χ2v) is 4.96. The maximum Gasteiger partial charge on any atom is 0.237 e. The Balaban J connectivity index is 2.42. The van der Waals surface area contributed by atoms with E-state index in [1.54, 1.807) is 6.92 Å². The molecule has 1 amide bonds. The van der Waals surface area contributed by atoms with E-state index < -0.39 is 12.2 Å². The number of aliphatic hydroxyl groups excluding tert-OH is 2. The average Bonchev–Trinajstić information content (AvgIpc) is 2.58. The Morgan fingerprint density at radius 3 is 2.35 bits per heavy atom. The molecule has 0 bridgehead atoms. The van der Waals surface area contributed by atoms with Crippen LogP contribution in [0, 0.1) is 0 Å². The molecular weight excluding hydrogens is 220 g/mol. The van der Waals surface area contributed by atoms with Gasteiger partial charge in [0.15, 0.2) is 0 Å². The third-order valence-electron chi connectivity index (χ3n) is 3.32. The van der Waals surface area contributed by atoms with Crippen molar-refractivity contribution in [2.24, 2.45) is 0 Å². The molecule has 4 atom stereocenters. The molecular formula is C12H24N2O3. The van der Waals surface area contributed by atoms with E-state index in [1.807, 2.05) is 11.8 Å². The van der Waals surface area contributed by atoms with Crippen molar-refractivity contribution in [3.05, 3.63) is 0 Å². The van der Waals surface area contributed by atoms with Gasteiger partial charge in [-0.1, -0.05) is 13.3 Å². The zero-order valence-corrected chi connectivity index (χ0v) is 10.9. The minimum Gasteiger partial charge on any atom is -0.389 e. The van der Waals surface area contributed by atoms with Crippen molar-refractivity contribution in [2.45, 2.75) is 57.9 Å². The number of amides is 1. The minimum atomic E-state index is -0.738. The van der Waals surface area contributed by atoms with Gasteiger partial charge in [0.1, 0.15) is 0 Å². The van der Waals surface area contributed by atoms with Crippen LogP contribution < -0.4 is 5.32 Å². The molecule has 0 radical (unpaired) electrons. The van der Waals surface area contributed by atoms with Crippen LogP contribution in [0.4, 0.5) is 0 Å². The molecule has 0 aliphatic carbocycles. The molecule has 1 heterocycles. The fourth-order valence-electron chi connectivity index (χ4n) is 2.15. The second-order valence-electron chi connectivity index (χ2n) is 4.96. The molecule has 4 unspecified atom stereocenters. The van der Waals surface area contributed by atoms with Crippen LogP contribution in [0.2, 0.25) is 0 Å². The van der Waals surface area contributed by atoms with Gasteiger partial charge in [0.25, 0.3) is 0 Å². The summed E-state index contributed by atoms with van der Waals surface area (Å²) >= 11 is 0. The highest BCUT2D eigenvalue weighted by molar-refractivity contribution is 5.81. The normalized spacial score (nSPS) is 29.0. The van der Waals surface area contributed by atoms with Crippen LogP contribution in [-0.2, 0) is 4.79 Å². The van der Waals surface area contributed by atoms with Crippen molar-refractivity contribution in [2.75, 3.05) is 13.1 Å². The molecule has 3 N–H and O–H groups in total. The van der Waals surface area contributed by atoms with Gasteiger partial charge in [-0.2, -0.15) is 0 Å². The van der Waals surface area contributed by atoms with Crippen LogP contribution in [0.1, 0.15) is 33.6 Å². The van der Waals surface area contributed by atoms with Gasteiger partial charge in [0.05, 0.1) is 18.2 Å². The van der Waals surface area contributed by atoms with E-state index in [0.717, 1.165) is 12.8 Å². The van der Waals surface area contributed by atoms with E-state index in [4.69, 9.17) is 0 Å². The highest BCUT2D eigenvalue weighted by Crippen LogP contribution is 2.13. The van der Waals surface area contributed by atoms with E-state index in [9.17, 15) is 15.0 Å². The smallest absolute Gasteiger partial charge is 0.237 e. The Morgan fingerprint density at radius 1 is 1.35 bits per heavy atom. The van der Waals surface area contributed by atoms with E-state index >= 15 is 0 Å². The van der Waals surface area contributed by atoms with Crippen LogP contribution in [-0.4, -0.2) is 58.4 Å². The molecule has 0 aromatic heterocycles. The molecule has 0 saturated carbocycles. The maximum atomic E-state index is 11.9. The Labute approximate surface area is 103 Å². The van der Waals surface area contributed by atoms with Gasteiger partial charge in [-0.25, -0.2) is 0 Å². The molecule has 0 aromatic rings. The molecule has 100 valence electrons. The van der Waals surface area contributed by atoms with E-state index in [1.165, 1.54) is 0 Å². The summed E-state index contributed by atoms with van der Waals surface area (Å²) in [6, 6.07) is -0.131. The monoisotopic (exact) mass is 244 g/mol. The summed E-state index contributed by atoms with van der Waals surface area (Å²) in [6.45, 7) is 6.59. The number of aliphatic hydroxyl groups is 2. The maximum absolute atomic E-state index is 11.9. The van der Waals surface area contributed by atoms with Crippen LogP contribution in [0.15, 0.2) is 0 Å². The number of β-amino-alcohol motifs (C(OH)–C–C–N with tert-alkyl or cyclic N) is 2. The highest BCUT2D eigenvalue weighted by atomic mass is 16.3. The molecule has 1 rings (SSSR count). The third kappa shape index (κ3) is 3.94. The van der Waals surface area contributed by atoms with Gasteiger partial charge in [-0.3, -0.25) is 9.69 Å². The summed E-state index contributed by atoms with van der Waals surface area (Å²) in [6.07, 6.45) is 0.525. The first kappa shape index (κ1) is 14.4. The van der Waals surface area contributed by atoms with Crippen molar-refractivity contribution in [1.29, 1.82) is 0 Å². The zero-order valence-electron chi connectivity index (χ0n) is 10.9. The lowest BCUT2D eigenvalue weighted by Crippen LogP contribution is -2.47. The summed E-state index contributed by atoms with van der Waals surface area (Å²) in [5, 5.41) is 21.8. The first-order valence-electron chi connectivity index (χ1n) is 6.36. The molecule has 0 aromatic carbocycles. The number of hydrogen-bond donors (Lipinski definition) is 3. The van der Waals surface area contributed by atoms with Crippen molar-refractivity contribution >= 4 is 5.91 Å². The van der Waals surface area contributed by atoms with Gasteiger partial charge >= 0.3 is 0 Å². The van der Waals surface area contributed by atoms with Gasteiger partial charge in [-0.05, 0) is 20.3 Å². The van der Waals surface area contributed by atoms with Gasteiger partial charge < -0.3 is 15.5 Å². The van der Waals surface area contributed by atoms with Crippen LogP contribution in [0.25, 0.3) is 0 Å². The molecule has 1 fully saturated rings. The molecule has 1 aliphatic rings. The summed E-state index contributed by atoms with van der Waals surface area (Å²) in [7, 11) is 0. The predicted molar refractivity (Wildman–Crippen MR) is 65.6 cm³/mol. The fraction of sp³-hybridized carbons (Fsp3) is 0.917. The molecule has 17 heavy (non-hydrogen) atoms. The molecule has 5 heteroatoms. The number of likely N-dealkylation sites (tertiary alicyclic amines) is 1. The zero-order chi connectivity index (χ0) is 13.0. The van der Waals surface area contributed by atoms with E-state index in [-0.39, 0.29) is 18.0 Å². The third-order valence-corrected chi connectivity index (χ3v) is 3.32. The number of nitrogens with zero attached hydrogens (tertiary/aromatic N) is 1. The predicted octanol–water partition coefficient (Wildman–Crippen LogP) is -0.283. The number of rotatable bonds is 5. The lowest BCUT2D eigenvalue weighted by atomic mass is 10.2. The average molecular weight is 244 g/mol. The molecule has 5 nitrogen and oxygen atoms in total. The van der Waals surface area contributed by atoms with E-state index in [2.05, 4.69) is 12.2 Å². The van der Waals surface area contributed by atoms with Crippen molar-refractivity contribution in [1.82, 2.24) is 10.2 Å². The van der Waals surface area contributed by atoms with E-state index in [0.29, 0.717) is 13.1 Å².